The van der Waals surface area contributed by atoms with Crippen LogP contribution in [-0.4, -0.2) is 113 Å². The molecule has 1 aliphatic heterocycles. The second-order valence-corrected chi connectivity index (χ2v) is 12.5. The zero-order chi connectivity index (χ0) is 35.7. The number of anilines is 1. The van der Waals surface area contributed by atoms with Gasteiger partial charge in [0.05, 0.1) is 37.0 Å². The van der Waals surface area contributed by atoms with Gasteiger partial charge in [-0.25, -0.2) is 18.2 Å². The molecule has 1 saturated heterocycles. The van der Waals surface area contributed by atoms with Crippen LogP contribution < -0.4 is 86.4 Å². The number of aliphatic hydroxyl groups excluding tert-OH is 2. The van der Waals surface area contributed by atoms with Crippen LogP contribution in [0.3, 0.4) is 0 Å². The zero-order valence-corrected chi connectivity index (χ0v) is 32.1. The largest absolute Gasteiger partial charge is 1.00 e. The molecule has 1 aliphatic rings. The standard InChI is InChI=1S/C23H26N10O13S2.2Na/c1-23(2,19(40)41)46-29-15(12-8-47-20(24)27-12)17(38)26-11-6-32(18(11)39)21(42)30-48(44,45)33-22(43)31(5-9(35)7-34)16(28-33)10-3-13(36)14(37)4-25-10;;/h3-4,8-9,11,34-35H,5-7H2,1-2H3,(H7,24,25,26,27,28,29,30,36,37,38,40,41,42);;/q;2*+1/p-2/t9-,11-;;/m0../s1. The summed E-state index contributed by atoms with van der Waals surface area (Å²) in [5.41, 5.74) is 0.0703. The molecule has 3 aromatic rings. The van der Waals surface area contributed by atoms with Crippen molar-refractivity contribution in [3.63, 3.8) is 0 Å². The number of amides is 4. The zero-order valence-electron chi connectivity index (χ0n) is 26.5. The number of aliphatic hydroxyl groups is 2. The van der Waals surface area contributed by atoms with Gasteiger partial charge in [0.15, 0.2) is 40.0 Å². The molecule has 4 heterocycles. The SMILES string of the molecule is CC(C)(O/N=C(\C(=O)N[C@H]1CN(C(=O)[N-]S(=O)(=O)n2nc(-c3cc(=O)c(O)c[nH]3)n(C[C@H](O)CO)c2=O)C1=O)c1csc(N)n1)C(=O)[O-].[Na+].[Na+]. The van der Waals surface area contributed by atoms with Crippen LogP contribution in [0, 0.1) is 0 Å². The first-order chi connectivity index (χ1) is 22.4. The van der Waals surface area contributed by atoms with Gasteiger partial charge in [0.1, 0.15) is 5.69 Å². The quantitative estimate of drug-likeness (QED) is 0.0432. The van der Waals surface area contributed by atoms with Crippen molar-refractivity contribution < 1.29 is 112 Å². The number of thiazole rings is 1. The first-order valence-corrected chi connectivity index (χ1v) is 15.4. The first-order valence-electron chi connectivity index (χ1n) is 13.1. The van der Waals surface area contributed by atoms with Gasteiger partial charge in [-0.1, -0.05) is 9.24 Å². The van der Waals surface area contributed by atoms with E-state index in [2.05, 4.69) is 30.3 Å². The van der Waals surface area contributed by atoms with E-state index in [-0.39, 0.29) is 79.7 Å². The number of aromatic hydroxyl groups is 1. The molecule has 1 fully saturated rings. The van der Waals surface area contributed by atoms with E-state index in [1.54, 1.807) is 0 Å². The molecular formula is C23H24N10Na2O13S2. The number of hydrogen-bond donors (Lipinski definition) is 6. The molecular weight excluding hydrogens is 734 g/mol. The maximum absolute atomic E-state index is 13.0. The number of H-pyrrole nitrogens is 1. The number of likely N-dealkylation sites (tertiary alicyclic amines) is 1. The Hall–Kier alpha value is -3.66. The monoisotopic (exact) mass is 758 g/mol. The number of nitrogens with one attached hydrogen (secondary N) is 2. The summed E-state index contributed by atoms with van der Waals surface area (Å²) in [5.74, 6) is -5.24. The van der Waals surface area contributed by atoms with E-state index in [0.717, 1.165) is 37.4 Å². The maximum Gasteiger partial charge on any atom is 1.00 e. The van der Waals surface area contributed by atoms with Crippen molar-refractivity contribution in [1.82, 2.24) is 33.9 Å². The van der Waals surface area contributed by atoms with Crippen LogP contribution in [0.2, 0.25) is 0 Å². The van der Waals surface area contributed by atoms with Crippen molar-refractivity contribution in [2.24, 2.45) is 5.16 Å². The molecule has 0 spiro atoms. The van der Waals surface area contributed by atoms with Crippen LogP contribution >= 0.6 is 11.3 Å². The van der Waals surface area contributed by atoms with E-state index in [9.17, 15) is 57.6 Å². The molecule has 0 radical (unpaired) electrons. The number of carbonyl (C=O) groups is 4. The number of aliphatic carboxylic acids is 1. The number of urea groups is 1. The van der Waals surface area contributed by atoms with Crippen LogP contribution in [-0.2, 0) is 36.0 Å². The molecule has 23 nitrogen and oxygen atoms in total. The van der Waals surface area contributed by atoms with Gasteiger partial charge in [-0.3, -0.25) is 23.7 Å². The molecule has 50 heavy (non-hydrogen) atoms. The smallest absolute Gasteiger partial charge is 0.546 e. The number of carboxylic acids is 1. The van der Waals surface area contributed by atoms with Crippen molar-refractivity contribution in [2.45, 2.75) is 38.1 Å². The Kier molecular flexibility index (Phi) is 14.1. The fourth-order valence-corrected chi connectivity index (χ4v) is 5.07. The van der Waals surface area contributed by atoms with Gasteiger partial charge >= 0.3 is 64.8 Å². The Morgan fingerprint density at radius 2 is 1.96 bits per heavy atom. The minimum atomic E-state index is -5.35. The molecule has 258 valence electrons. The van der Waals surface area contributed by atoms with Gasteiger partial charge in [-0.15, -0.1) is 16.4 Å². The predicted molar refractivity (Wildman–Crippen MR) is 157 cm³/mol. The summed E-state index contributed by atoms with van der Waals surface area (Å²) in [5, 5.41) is 50.4. The molecule has 2 atom stereocenters. The number of imide groups is 1. The van der Waals surface area contributed by atoms with E-state index in [1.807, 2.05) is 0 Å². The summed E-state index contributed by atoms with van der Waals surface area (Å²) in [4.78, 5) is 86.0. The average molecular weight is 759 g/mol. The van der Waals surface area contributed by atoms with Crippen LogP contribution in [0.4, 0.5) is 9.93 Å². The van der Waals surface area contributed by atoms with Gasteiger partial charge in [-0.2, -0.15) is 0 Å². The third-order valence-corrected chi connectivity index (χ3v) is 8.02. The Balaban J connectivity index is 0.00000433. The van der Waals surface area contributed by atoms with Crippen molar-refractivity contribution >= 4 is 56.2 Å². The number of aromatic amines is 1. The molecule has 0 saturated carbocycles. The summed E-state index contributed by atoms with van der Waals surface area (Å²) in [6.07, 6.45) is -0.801. The maximum atomic E-state index is 13.0. The number of pyridine rings is 1. The number of rotatable bonds is 12. The molecule has 4 rings (SSSR count). The number of oxime groups is 1. The third kappa shape index (κ3) is 9.16. The van der Waals surface area contributed by atoms with Crippen molar-refractivity contribution in [1.29, 1.82) is 0 Å². The number of β-lactam (4-membered cyclic amide) rings is 1. The molecule has 7 N–H and O–H groups in total. The summed E-state index contributed by atoms with van der Waals surface area (Å²) < 4.78 is 29.1. The number of nitrogen functional groups attached to an aromatic ring is 1. The topological polar surface area (TPSA) is 349 Å². The van der Waals surface area contributed by atoms with E-state index in [4.69, 9.17) is 10.6 Å². The summed E-state index contributed by atoms with van der Waals surface area (Å²) in [6, 6.07) is -2.38. The van der Waals surface area contributed by atoms with Crippen molar-refractivity contribution in [2.75, 3.05) is 18.9 Å². The molecule has 0 aromatic carbocycles. The Labute approximate surface area is 327 Å². The van der Waals surface area contributed by atoms with Crippen molar-refractivity contribution in [3.05, 3.63) is 48.8 Å². The number of carbonyl (C=O) groups excluding carboxylic acids is 4. The number of nitrogens with two attached hydrogens (primary N) is 1. The Morgan fingerprint density at radius 3 is 2.50 bits per heavy atom. The minimum Gasteiger partial charge on any atom is -0.546 e. The Morgan fingerprint density at radius 1 is 1.30 bits per heavy atom. The van der Waals surface area contributed by atoms with E-state index >= 15 is 0 Å². The van der Waals surface area contributed by atoms with E-state index in [0.29, 0.717) is 9.47 Å². The minimum absolute atomic E-state index is 0. The number of hydrogen-bond acceptors (Lipinski definition) is 18. The molecule has 0 aliphatic carbocycles. The van der Waals surface area contributed by atoms with E-state index in [1.165, 1.54) is 5.38 Å². The number of nitrogens with zero attached hydrogens (tertiary/aromatic N) is 7. The van der Waals surface area contributed by atoms with E-state index < -0.39 is 99.9 Å². The molecule has 3 aromatic heterocycles. The van der Waals surface area contributed by atoms with Gasteiger partial charge in [0, 0.05) is 17.6 Å². The fourth-order valence-electron chi connectivity index (χ4n) is 3.67. The van der Waals surface area contributed by atoms with Gasteiger partial charge < -0.3 is 55.7 Å². The van der Waals surface area contributed by atoms with Gasteiger partial charge in [0.25, 0.3) is 16.1 Å². The fraction of sp³-hybridized carbons (Fsp3) is 0.348. The molecule has 4 amide bonds. The van der Waals surface area contributed by atoms with Crippen LogP contribution in [0.25, 0.3) is 16.2 Å². The average Bonchev–Trinajstić information content (AvgIpc) is 3.58. The summed E-state index contributed by atoms with van der Waals surface area (Å²) in [6.45, 7) is -0.0636. The van der Waals surface area contributed by atoms with Gasteiger partial charge in [0.2, 0.25) is 5.43 Å². The summed E-state index contributed by atoms with van der Waals surface area (Å²) in [7, 11) is -5.35. The van der Waals surface area contributed by atoms with Crippen molar-refractivity contribution in [3.8, 4) is 17.3 Å². The second-order valence-electron chi connectivity index (χ2n) is 10.2. The van der Waals surface area contributed by atoms with Crippen LogP contribution in [0.5, 0.6) is 5.75 Å². The third-order valence-electron chi connectivity index (χ3n) is 6.29. The van der Waals surface area contributed by atoms with Crippen LogP contribution in [0.1, 0.15) is 19.5 Å². The normalized spacial score (nSPS) is 15.2. The number of aromatic nitrogens is 5. The summed E-state index contributed by atoms with van der Waals surface area (Å²) >= 11 is 0.896. The second kappa shape index (κ2) is 16.6. The molecule has 27 heteroatoms. The van der Waals surface area contributed by atoms with Gasteiger partial charge in [-0.05, 0) is 20.4 Å². The predicted octanol–water partition coefficient (Wildman–Crippen LogP) is -10.6. The molecule has 0 bridgehead atoms. The Bertz CT molecular complexity index is 2060. The first kappa shape index (κ1) is 42.5. The molecule has 0 unspecified atom stereocenters. The number of carboxylic acid groups (broad SMARTS) is 1. The van der Waals surface area contributed by atoms with Crippen LogP contribution in [0.15, 0.2) is 32.4 Å².